The number of amides is 1. The maximum Gasteiger partial charge on any atom is 0.255 e. The van der Waals surface area contributed by atoms with Crippen molar-refractivity contribution in [2.45, 2.75) is 18.7 Å². The Labute approximate surface area is 153 Å². The molecule has 2 aromatic carbocycles. The third-order valence-electron chi connectivity index (χ3n) is 3.80. The van der Waals surface area contributed by atoms with E-state index in [1.165, 1.54) is 0 Å². The highest BCUT2D eigenvalue weighted by Crippen LogP contribution is 2.23. The Morgan fingerprint density at radius 3 is 2.15 bits per heavy atom. The molecule has 0 fully saturated rings. The molecule has 1 amide bonds. The second-order valence-corrected chi connectivity index (χ2v) is 7.32. The molecule has 5 nitrogen and oxygen atoms in total. The van der Waals surface area contributed by atoms with Crippen molar-refractivity contribution in [2.75, 3.05) is 18.4 Å². The molecule has 0 spiro atoms. The number of hydrogen-bond donors (Lipinski definition) is 1. The Morgan fingerprint density at radius 1 is 0.963 bits per heavy atom. The zero-order valence-corrected chi connectivity index (χ0v) is 15.2. The number of carbonyl (C=O) groups excluding carboxylic acids is 1. The van der Waals surface area contributed by atoms with E-state index < -0.39 is 49.8 Å². The predicted molar refractivity (Wildman–Crippen MR) is 90.8 cm³/mol. The summed E-state index contributed by atoms with van der Waals surface area (Å²) in [7, 11) is -4.19. The number of nitrogens with one attached hydrogen (secondary N) is 1. The van der Waals surface area contributed by atoms with E-state index in [2.05, 4.69) is 0 Å². The smallest absolute Gasteiger partial charge is 0.255 e. The topological polar surface area (TPSA) is 66.5 Å². The summed E-state index contributed by atoms with van der Waals surface area (Å²) in [6.45, 7) is 3.33. The van der Waals surface area contributed by atoms with Crippen LogP contribution >= 0.6 is 0 Å². The lowest BCUT2D eigenvalue weighted by Crippen LogP contribution is -2.31. The van der Waals surface area contributed by atoms with Crippen LogP contribution in [0.2, 0.25) is 0 Å². The molecule has 0 heterocycles. The van der Waals surface area contributed by atoms with E-state index in [0.717, 1.165) is 28.6 Å². The highest BCUT2D eigenvalue weighted by molar-refractivity contribution is 7.89. The van der Waals surface area contributed by atoms with Crippen LogP contribution in [0.15, 0.2) is 35.2 Å². The maximum absolute atomic E-state index is 14.1. The molecule has 0 saturated carbocycles. The van der Waals surface area contributed by atoms with Gasteiger partial charge in [0.05, 0.1) is 5.69 Å². The van der Waals surface area contributed by atoms with Crippen LogP contribution in [0.25, 0.3) is 0 Å². The summed E-state index contributed by atoms with van der Waals surface area (Å²) in [5, 5.41) is 2.00. The zero-order valence-electron chi connectivity index (χ0n) is 14.4. The van der Waals surface area contributed by atoms with Gasteiger partial charge in [0.2, 0.25) is 10.0 Å². The summed E-state index contributed by atoms with van der Waals surface area (Å²) in [5.74, 6) is -6.88. The van der Waals surface area contributed by atoms with Gasteiger partial charge in [-0.25, -0.2) is 26.0 Å². The van der Waals surface area contributed by atoms with Gasteiger partial charge in [0.1, 0.15) is 10.7 Å². The molecule has 0 radical (unpaired) electrons. The molecule has 0 aliphatic carbocycles. The van der Waals surface area contributed by atoms with Crippen molar-refractivity contribution in [1.29, 1.82) is 0 Å². The first-order valence-corrected chi connectivity index (χ1v) is 9.32. The number of anilines is 1. The molecule has 0 unspecified atom stereocenters. The summed E-state index contributed by atoms with van der Waals surface area (Å²) in [6.07, 6.45) is 0. The Morgan fingerprint density at radius 2 is 1.56 bits per heavy atom. The summed E-state index contributed by atoms with van der Waals surface area (Å²) >= 11 is 0. The molecule has 0 aliphatic rings. The number of benzene rings is 2. The fourth-order valence-corrected chi connectivity index (χ4v) is 3.91. The normalized spacial score (nSPS) is 11.7. The van der Waals surface area contributed by atoms with Gasteiger partial charge in [0, 0.05) is 18.7 Å². The summed E-state index contributed by atoms with van der Waals surface area (Å²) in [4.78, 5) is 11.5. The van der Waals surface area contributed by atoms with Gasteiger partial charge in [-0.3, -0.25) is 4.79 Å². The number of hydrogen-bond acceptors (Lipinski definition) is 3. The van der Waals surface area contributed by atoms with Crippen LogP contribution in [0.1, 0.15) is 24.2 Å². The van der Waals surface area contributed by atoms with E-state index in [-0.39, 0.29) is 18.7 Å². The molecule has 27 heavy (non-hydrogen) atoms. The monoisotopic (exact) mass is 404 g/mol. The van der Waals surface area contributed by atoms with Crippen LogP contribution in [0.5, 0.6) is 0 Å². The summed E-state index contributed by atoms with van der Waals surface area (Å²) in [5.41, 5.74) is -0.942. The molecule has 0 atom stereocenters. The minimum Gasteiger partial charge on any atom is -0.319 e. The van der Waals surface area contributed by atoms with E-state index in [0.29, 0.717) is 6.07 Å². The number of nitrogens with zero attached hydrogens (tertiary/aromatic N) is 1. The molecule has 1 N–H and O–H groups in total. The van der Waals surface area contributed by atoms with Gasteiger partial charge in [-0.15, -0.1) is 0 Å². The third kappa shape index (κ3) is 4.11. The lowest BCUT2D eigenvalue weighted by Gasteiger charge is -2.19. The van der Waals surface area contributed by atoms with Crippen molar-refractivity contribution in [3.8, 4) is 0 Å². The van der Waals surface area contributed by atoms with E-state index in [4.69, 9.17) is 0 Å². The largest absolute Gasteiger partial charge is 0.319 e. The molecule has 0 aromatic heterocycles. The second kappa shape index (κ2) is 8.05. The molecule has 0 aliphatic heterocycles. The summed E-state index contributed by atoms with van der Waals surface area (Å²) in [6, 6.07) is 4.00. The Kier molecular flexibility index (Phi) is 6.22. The Bertz CT molecular complexity index is 976. The van der Waals surface area contributed by atoms with Crippen LogP contribution in [0.4, 0.5) is 23.2 Å². The molecular weight excluding hydrogens is 388 g/mol. The van der Waals surface area contributed by atoms with Crippen LogP contribution in [-0.4, -0.2) is 31.7 Å². The molecule has 0 saturated heterocycles. The number of carbonyl (C=O) groups is 1. The average Bonchev–Trinajstić information content (AvgIpc) is 2.63. The third-order valence-corrected chi connectivity index (χ3v) is 5.86. The fourth-order valence-electron chi connectivity index (χ4n) is 2.36. The minimum atomic E-state index is -4.19. The number of rotatable bonds is 6. The van der Waals surface area contributed by atoms with Crippen LogP contribution in [-0.2, 0) is 10.0 Å². The first-order chi connectivity index (χ1) is 12.6. The summed E-state index contributed by atoms with van der Waals surface area (Å²) < 4.78 is 79.9. The standard InChI is InChI=1S/C17H16F4N2O3S/c1-3-23(4-2)27(25,26)14-9-10(5-6-11(14)18)17(24)22-13-8-7-12(19)15(20)16(13)21/h5-9H,3-4H2,1-2H3,(H,22,24). The highest BCUT2D eigenvalue weighted by Gasteiger charge is 2.26. The van der Waals surface area contributed by atoms with E-state index in [1.54, 1.807) is 13.8 Å². The molecule has 0 bridgehead atoms. The quantitative estimate of drug-likeness (QED) is 0.592. The van der Waals surface area contributed by atoms with Gasteiger partial charge in [-0.1, -0.05) is 13.8 Å². The van der Waals surface area contributed by atoms with Crippen molar-refractivity contribution in [3.05, 3.63) is 59.2 Å². The SMILES string of the molecule is CCN(CC)S(=O)(=O)c1cc(C(=O)Nc2ccc(F)c(F)c2F)ccc1F. The molecule has 2 aromatic rings. The zero-order chi connectivity index (χ0) is 20.4. The van der Waals surface area contributed by atoms with E-state index >= 15 is 0 Å². The molecular formula is C17H16F4N2O3S. The number of sulfonamides is 1. The highest BCUT2D eigenvalue weighted by atomic mass is 32.2. The Balaban J connectivity index is 2.41. The molecule has 2 rings (SSSR count). The van der Waals surface area contributed by atoms with E-state index in [1.807, 2.05) is 5.32 Å². The van der Waals surface area contributed by atoms with Gasteiger partial charge < -0.3 is 5.32 Å². The first-order valence-electron chi connectivity index (χ1n) is 7.88. The van der Waals surface area contributed by atoms with Gasteiger partial charge >= 0.3 is 0 Å². The van der Waals surface area contributed by atoms with Gasteiger partial charge in [-0.05, 0) is 30.3 Å². The Hall–Kier alpha value is -2.46. The van der Waals surface area contributed by atoms with Gasteiger partial charge in [0.25, 0.3) is 5.91 Å². The fraction of sp³-hybridized carbons (Fsp3) is 0.235. The van der Waals surface area contributed by atoms with Crippen LogP contribution < -0.4 is 5.32 Å². The lowest BCUT2D eigenvalue weighted by atomic mass is 10.2. The van der Waals surface area contributed by atoms with Crippen LogP contribution in [0, 0.1) is 23.3 Å². The minimum absolute atomic E-state index is 0.0920. The van der Waals surface area contributed by atoms with Crippen LogP contribution in [0.3, 0.4) is 0 Å². The second-order valence-electron chi connectivity index (χ2n) is 5.41. The maximum atomic E-state index is 14.1. The van der Waals surface area contributed by atoms with Gasteiger partial charge in [-0.2, -0.15) is 4.31 Å². The predicted octanol–water partition coefficient (Wildman–Crippen LogP) is 3.53. The van der Waals surface area contributed by atoms with Crippen molar-refractivity contribution in [1.82, 2.24) is 4.31 Å². The van der Waals surface area contributed by atoms with Crippen molar-refractivity contribution >= 4 is 21.6 Å². The number of halogens is 4. The van der Waals surface area contributed by atoms with E-state index in [9.17, 15) is 30.8 Å². The van der Waals surface area contributed by atoms with Crippen molar-refractivity contribution < 1.29 is 30.8 Å². The molecule has 10 heteroatoms. The van der Waals surface area contributed by atoms with Gasteiger partial charge in [0.15, 0.2) is 17.5 Å². The van der Waals surface area contributed by atoms with Crippen molar-refractivity contribution in [2.24, 2.45) is 0 Å². The average molecular weight is 404 g/mol. The molecule has 146 valence electrons. The van der Waals surface area contributed by atoms with Crippen molar-refractivity contribution in [3.63, 3.8) is 0 Å². The first kappa shape index (κ1) is 20.8. The lowest BCUT2D eigenvalue weighted by molar-refractivity contribution is 0.102.